The highest BCUT2D eigenvalue weighted by atomic mass is 35.5. The standard InChI is InChI=1S/C15H22Cl2N4O2/c1-10-8-21(9-15(2,3)23-10)14(22)19-5-4-18-13-12(17)6-11(16)7-20-13/h6-7,10H,4-5,8-9H2,1-3H3,(H,18,20)(H,19,22)/t10-/m0/s1. The number of rotatable bonds is 4. The molecule has 2 heterocycles. The second kappa shape index (κ2) is 7.55. The average Bonchev–Trinajstić information content (AvgIpc) is 2.43. The van der Waals surface area contributed by atoms with Crippen molar-refractivity contribution in [3.8, 4) is 0 Å². The summed E-state index contributed by atoms with van der Waals surface area (Å²) in [7, 11) is 0. The zero-order valence-corrected chi connectivity index (χ0v) is 15.0. The molecule has 0 saturated carbocycles. The maximum Gasteiger partial charge on any atom is 0.317 e. The number of carbonyl (C=O) groups excluding carboxylic acids is 1. The highest BCUT2D eigenvalue weighted by Crippen LogP contribution is 2.22. The van der Waals surface area contributed by atoms with Crippen molar-refractivity contribution < 1.29 is 9.53 Å². The van der Waals surface area contributed by atoms with Crippen LogP contribution in [0, 0.1) is 0 Å². The molecule has 1 aromatic heterocycles. The van der Waals surface area contributed by atoms with Crippen LogP contribution in [0.5, 0.6) is 0 Å². The number of nitrogens with zero attached hydrogens (tertiary/aromatic N) is 2. The quantitative estimate of drug-likeness (QED) is 0.809. The predicted octanol–water partition coefficient (Wildman–Crippen LogP) is 3.01. The Hall–Kier alpha value is -1.24. The molecule has 1 aliphatic heterocycles. The number of aromatic nitrogens is 1. The Balaban J connectivity index is 1.76. The maximum absolute atomic E-state index is 12.2. The van der Waals surface area contributed by atoms with Gasteiger partial charge in [0.25, 0.3) is 0 Å². The van der Waals surface area contributed by atoms with Gasteiger partial charge >= 0.3 is 6.03 Å². The summed E-state index contributed by atoms with van der Waals surface area (Å²) in [4.78, 5) is 18.1. The number of halogens is 2. The number of amides is 2. The Kier molecular flexibility index (Phi) is 5.95. The van der Waals surface area contributed by atoms with E-state index in [9.17, 15) is 4.79 Å². The Morgan fingerprint density at radius 3 is 2.87 bits per heavy atom. The van der Waals surface area contributed by atoms with Crippen LogP contribution in [0.1, 0.15) is 20.8 Å². The summed E-state index contributed by atoms with van der Waals surface area (Å²) < 4.78 is 5.79. The van der Waals surface area contributed by atoms with E-state index in [1.807, 2.05) is 20.8 Å². The number of ether oxygens (including phenoxy) is 1. The molecule has 6 nitrogen and oxygen atoms in total. The monoisotopic (exact) mass is 360 g/mol. The van der Waals surface area contributed by atoms with Crippen LogP contribution in [0.2, 0.25) is 10.0 Å². The smallest absolute Gasteiger partial charge is 0.317 e. The summed E-state index contributed by atoms with van der Waals surface area (Å²) in [6.45, 7) is 8.08. The molecule has 0 spiro atoms. The molecule has 0 unspecified atom stereocenters. The lowest BCUT2D eigenvalue weighted by Crippen LogP contribution is -2.56. The predicted molar refractivity (Wildman–Crippen MR) is 92.3 cm³/mol. The molecule has 2 N–H and O–H groups in total. The molecule has 1 saturated heterocycles. The van der Waals surface area contributed by atoms with Gasteiger partial charge in [0.2, 0.25) is 0 Å². The second-order valence-electron chi connectivity index (χ2n) is 6.21. The van der Waals surface area contributed by atoms with Gasteiger partial charge < -0.3 is 20.3 Å². The van der Waals surface area contributed by atoms with E-state index in [0.717, 1.165) is 0 Å². The maximum atomic E-state index is 12.2. The van der Waals surface area contributed by atoms with Crippen molar-refractivity contribution in [1.29, 1.82) is 0 Å². The summed E-state index contributed by atoms with van der Waals surface area (Å²) >= 11 is 11.8. The van der Waals surface area contributed by atoms with Crippen molar-refractivity contribution in [2.24, 2.45) is 0 Å². The lowest BCUT2D eigenvalue weighted by atomic mass is 10.1. The van der Waals surface area contributed by atoms with Gasteiger partial charge in [0.15, 0.2) is 0 Å². The van der Waals surface area contributed by atoms with Gasteiger partial charge in [-0.2, -0.15) is 0 Å². The van der Waals surface area contributed by atoms with Crippen LogP contribution in [-0.4, -0.2) is 53.8 Å². The van der Waals surface area contributed by atoms with E-state index in [-0.39, 0.29) is 17.7 Å². The molecule has 23 heavy (non-hydrogen) atoms. The molecule has 128 valence electrons. The van der Waals surface area contributed by atoms with Crippen molar-refractivity contribution in [1.82, 2.24) is 15.2 Å². The van der Waals surface area contributed by atoms with E-state index >= 15 is 0 Å². The van der Waals surface area contributed by atoms with Gasteiger partial charge in [0.1, 0.15) is 5.82 Å². The third kappa shape index (κ3) is 5.41. The third-order valence-electron chi connectivity index (χ3n) is 3.36. The van der Waals surface area contributed by atoms with E-state index in [1.165, 1.54) is 6.20 Å². The average molecular weight is 361 g/mol. The minimum absolute atomic E-state index is 0.0275. The summed E-state index contributed by atoms with van der Waals surface area (Å²) in [5.41, 5.74) is -0.325. The van der Waals surface area contributed by atoms with E-state index < -0.39 is 0 Å². The fourth-order valence-corrected chi connectivity index (χ4v) is 3.06. The highest BCUT2D eigenvalue weighted by molar-refractivity contribution is 6.35. The van der Waals surface area contributed by atoms with E-state index in [0.29, 0.717) is 42.0 Å². The Morgan fingerprint density at radius 1 is 1.48 bits per heavy atom. The largest absolute Gasteiger partial charge is 0.369 e. The lowest BCUT2D eigenvalue weighted by Gasteiger charge is -2.41. The molecule has 1 aromatic rings. The molecule has 0 bridgehead atoms. The van der Waals surface area contributed by atoms with Crippen molar-refractivity contribution >= 4 is 35.1 Å². The molecular weight excluding hydrogens is 339 g/mol. The van der Waals surface area contributed by atoms with E-state index in [1.54, 1.807) is 11.0 Å². The number of urea groups is 1. The molecule has 0 aromatic carbocycles. The summed E-state index contributed by atoms with van der Waals surface area (Å²) in [5, 5.41) is 6.88. The molecule has 0 radical (unpaired) electrons. The summed E-state index contributed by atoms with van der Waals surface area (Å²) in [5.74, 6) is 0.548. The normalized spacial score (nSPS) is 20.2. The van der Waals surface area contributed by atoms with Crippen LogP contribution in [0.15, 0.2) is 12.3 Å². The third-order valence-corrected chi connectivity index (χ3v) is 3.85. The SMILES string of the molecule is C[C@H]1CN(C(=O)NCCNc2ncc(Cl)cc2Cl)CC(C)(C)O1. The molecule has 1 aliphatic rings. The van der Waals surface area contributed by atoms with Gasteiger partial charge in [-0.1, -0.05) is 23.2 Å². The number of hydrogen-bond acceptors (Lipinski definition) is 4. The van der Waals surface area contributed by atoms with Crippen molar-refractivity contribution in [2.45, 2.75) is 32.5 Å². The fourth-order valence-electron chi connectivity index (χ4n) is 2.62. The number of anilines is 1. The molecule has 0 aliphatic carbocycles. The molecule has 2 rings (SSSR count). The first kappa shape index (κ1) is 18.1. The number of morpholine rings is 1. The Morgan fingerprint density at radius 2 is 2.22 bits per heavy atom. The van der Waals surface area contributed by atoms with Crippen LogP contribution in [0.3, 0.4) is 0 Å². The number of hydrogen-bond donors (Lipinski definition) is 2. The molecule has 8 heteroatoms. The second-order valence-corrected chi connectivity index (χ2v) is 7.05. The van der Waals surface area contributed by atoms with Crippen LogP contribution in [0.4, 0.5) is 10.6 Å². The molecule has 1 fully saturated rings. The van der Waals surface area contributed by atoms with Crippen molar-refractivity contribution in [3.63, 3.8) is 0 Å². The van der Waals surface area contributed by atoms with Crippen molar-refractivity contribution in [2.75, 3.05) is 31.5 Å². The van der Waals surface area contributed by atoms with Gasteiger partial charge in [-0.25, -0.2) is 9.78 Å². The van der Waals surface area contributed by atoms with Crippen LogP contribution < -0.4 is 10.6 Å². The first-order valence-corrected chi connectivity index (χ1v) is 8.28. The van der Waals surface area contributed by atoms with E-state index in [2.05, 4.69) is 15.6 Å². The van der Waals surface area contributed by atoms with Gasteiger partial charge in [-0.05, 0) is 26.8 Å². The van der Waals surface area contributed by atoms with Gasteiger partial charge in [-0.15, -0.1) is 0 Å². The minimum atomic E-state index is -0.325. The zero-order chi connectivity index (χ0) is 17.0. The fraction of sp³-hybridized carbons (Fsp3) is 0.600. The van der Waals surface area contributed by atoms with Crippen LogP contribution >= 0.6 is 23.2 Å². The first-order chi connectivity index (χ1) is 10.8. The first-order valence-electron chi connectivity index (χ1n) is 7.52. The molecule has 1 atom stereocenters. The number of carbonyl (C=O) groups is 1. The van der Waals surface area contributed by atoms with Gasteiger partial charge in [0.05, 0.1) is 28.3 Å². The topological polar surface area (TPSA) is 66.5 Å². The van der Waals surface area contributed by atoms with Crippen LogP contribution in [-0.2, 0) is 4.74 Å². The Bertz CT molecular complexity index is 568. The van der Waals surface area contributed by atoms with Crippen molar-refractivity contribution in [3.05, 3.63) is 22.3 Å². The Labute approximate surface area is 146 Å². The minimum Gasteiger partial charge on any atom is -0.369 e. The summed E-state index contributed by atoms with van der Waals surface area (Å²) in [6, 6.07) is 1.53. The number of nitrogens with one attached hydrogen (secondary N) is 2. The van der Waals surface area contributed by atoms with Crippen LogP contribution in [0.25, 0.3) is 0 Å². The number of pyridine rings is 1. The zero-order valence-electron chi connectivity index (χ0n) is 13.5. The van der Waals surface area contributed by atoms with Gasteiger partial charge in [-0.3, -0.25) is 0 Å². The summed E-state index contributed by atoms with van der Waals surface area (Å²) in [6.07, 6.45) is 1.55. The van der Waals surface area contributed by atoms with E-state index in [4.69, 9.17) is 27.9 Å². The highest BCUT2D eigenvalue weighted by Gasteiger charge is 2.33. The molecule has 2 amide bonds. The molecular formula is C15H22Cl2N4O2. The lowest BCUT2D eigenvalue weighted by molar-refractivity contribution is -0.117. The van der Waals surface area contributed by atoms with Gasteiger partial charge in [0, 0.05) is 25.8 Å².